The van der Waals surface area contributed by atoms with Gasteiger partial charge in [-0.2, -0.15) is 11.8 Å². The molecule has 1 atom stereocenters. The number of fused-ring (bicyclic) bond motifs is 1. The van der Waals surface area contributed by atoms with Crippen LogP contribution in [0.3, 0.4) is 0 Å². The summed E-state index contributed by atoms with van der Waals surface area (Å²) in [4.78, 5) is 27.1. The largest absolute Gasteiger partial charge is 0.346 e. The molecular formula is C20H24N4O2S2. The van der Waals surface area contributed by atoms with Crippen molar-refractivity contribution in [1.82, 2.24) is 19.9 Å². The molecule has 8 heteroatoms. The molecule has 3 aromatic heterocycles. The van der Waals surface area contributed by atoms with E-state index >= 15 is 0 Å². The van der Waals surface area contributed by atoms with Crippen molar-refractivity contribution < 1.29 is 9.59 Å². The first-order valence-electron chi connectivity index (χ1n) is 9.17. The van der Waals surface area contributed by atoms with E-state index in [0.717, 1.165) is 33.1 Å². The lowest BCUT2D eigenvalue weighted by atomic mass is 10.1. The number of aryl methyl sites for hydroxylation is 2. The van der Waals surface area contributed by atoms with Gasteiger partial charge in [0, 0.05) is 34.4 Å². The van der Waals surface area contributed by atoms with Crippen molar-refractivity contribution in [2.75, 3.05) is 12.0 Å². The van der Waals surface area contributed by atoms with Crippen molar-refractivity contribution in [3.63, 3.8) is 0 Å². The molecule has 0 radical (unpaired) electrons. The first kappa shape index (κ1) is 20.5. The summed E-state index contributed by atoms with van der Waals surface area (Å²) in [5.74, 6) is 1.48. The van der Waals surface area contributed by atoms with E-state index in [2.05, 4.69) is 15.5 Å². The number of amides is 1. The van der Waals surface area contributed by atoms with Crippen LogP contribution in [0.5, 0.6) is 0 Å². The number of nitrogens with one attached hydrogen (secondary N) is 1. The number of carbonyl (C=O) groups is 2. The SMILES string of the molecule is CSCCC(NC(=O)CCC(=O)c1cc(C)sc1C)c1nnc2ccccn12. The lowest BCUT2D eigenvalue weighted by Gasteiger charge is -2.17. The Hall–Kier alpha value is -2.19. The quantitative estimate of drug-likeness (QED) is 0.534. The van der Waals surface area contributed by atoms with Crippen LogP contribution in [0.1, 0.15) is 51.2 Å². The molecule has 148 valence electrons. The number of rotatable bonds is 9. The monoisotopic (exact) mass is 416 g/mol. The van der Waals surface area contributed by atoms with Crippen molar-refractivity contribution in [3.8, 4) is 0 Å². The number of pyridine rings is 1. The normalized spacial score (nSPS) is 12.2. The highest BCUT2D eigenvalue weighted by molar-refractivity contribution is 7.98. The van der Waals surface area contributed by atoms with Crippen molar-refractivity contribution in [2.45, 2.75) is 39.2 Å². The highest BCUT2D eigenvalue weighted by Crippen LogP contribution is 2.23. The van der Waals surface area contributed by atoms with Crippen LogP contribution in [-0.4, -0.2) is 38.3 Å². The third-order valence-electron chi connectivity index (χ3n) is 4.52. The molecule has 3 rings (SSSR count). The molecule has 0 fully saturated rings. The maximum atomic E-state index is 12.5. The van der Waals surface area contributed by atoms with Crippen LogP contribution < -0.4 is 5.32 Å². The number of aromatic nitrogens is 3. The predicted molar refractivity (Wildman–Crippen MR) is 114 cm³/mol. The summed E-state index contributed by atoms with van der Waals surface area (Å²) in [6.07, 6.45) is 5.05. The summed E-state index contributed by atoms with van der Waals surface area (Å²) < 4.78 is 1.90. The molecule has 3 heterocycles. The molecule has 0 aliphatic carbocycles. The summed E-state index contributed by atoms with van der Waals surface area (Å²) in [7, 11) is 0. The van der Waals surface area contributed by atoms with Gasteiger partial charge in [-0.1, -0.05) is 6.07 Å². The number of carbonyl (C=O) groups excluding carboxylic acids is 2. The fourth-order valence-electron chi connectivity index (χ4n) is 3.13. The zero-order chi connectivity index (χ0) is 20.1. The van der Waals surface area contributed by atoms with Crippen LogP contribution in [0.4, 0.5) is 0 Å². The van der Waals surface area contributed by atoms with Crippen LogP contribution in [0, 0.1) is 13.8 Å². The van der Waals surface area contributed by atoms with Gasteiger partial charge in [-0.3, -0.25) is 14.0 Å². The zero-order valence-electron chi connectivity index (χ0n) is 16.3. The molecule has 0 aliphatic rings. The molecule has 0 aliphatic heterocycles. The van der Waals surface area contributed by atoms with Gasteiger partial charge in [-0.15, -0.1) is 21.5 Å². The molecule has 0 bridgehead atoms. The van der Waals surface area contributed by atoms with E-state index in [1.54, 1.807) is 23.1 Å². The average Bonchev–Trinajstić information content (AvgIpc) is 3.26. The van der Waals surface area contributed by atoms with Crippen LogP contribution in [0.25, 0.3) is 5.65 Å². The molecule has 1 N–H and O–H groups in total. The minimum absolute atomic E-state index is 0.0191. The van der Waals surface area contributed by atoms with Crippen LogP contribution in [0.2, 0.25) is 0 Å². The lowest BCUT2D eigenvalue weighted by molar-refractivity contribution is -0.121. The zero-order valence-corrected chi connectivity index (χ0v) is 17.9. The Balaban J connectivity index is 1.66. The van der Waals surface area contributed by atoms with Crippen LogP contribution in [0.15, 0.2) is 30.5 Å². The summed E-state index contributed by atoms with van der Waals surface area (Å²) in [5, 5.41) is 11.5. The van der Waals surface area contributed by atoms with Gasteiger partial charge in [-0.05, 0) is 50.5 Å². The minimum atomic E-state index is -0.238. The van der Waals surface area contributed by atoms with Gasteiger partial charge < -0.3 is 5.32 Å². The van der Waals surface area contributed by atoms with E-state index in [9.17, 15) is 9.59 Å². The second-order valence-electron chi connectivity index (χ2n) is 6.64. The van der Waals surface area contributed by atoms with E-state index in [0.29, 0.717) is 5.82 Å². The first-order valence-corrected chi connectivity index (χ1v) is 11.4. The maximum absolute atomic E-state index is 12.5. The molecule has 3 aromatic rings. The van der Waals surface area contributed by atoms with Crippen LogP contribution >= 0.6 is 23.1 Å². The van der Waals surface area contributed by atoms with E-state index < -0.39 is 0 Å². The third kappa shape index (κ3) is 4.80. The predicted octanol–water partition coefficient (Wildman–Crippen LogP) is 3.98. The Morgan fingerprint density at radius 1 is 1.25 bits per heavy atom. The Morgan fingerprint density at radius 2 is 2.07 bits per heavy atom. The molecule has 1 unspecified atom stereocenters. The summed E-state index contributed by atoms with van der Waals surface area (Å²) in [5.41, 5.74) is 1.48. The fourth-order valence-corrected chi connectivity index (χ4v) is 4.55. The molecule has 28 heavy (non-hydrogen) atoms. The number of Topliss-reactive ketones (excluding diaryl/α,β-unsaturated/α-hetero) is 1. The average molecular weight is 417 g/mol. The van der Waals surface area contributed by atoms with Crippen molar-refractivity contribution >= 4 is 40.4 Å². The highest BCUT2D eigenvalue weighted by atomic mass is 32.2. The molecule has 0 saturated heterocycles. The molecule has 0 saturated carbocycles. The molecule has 0 spiro atoms. The van der Waals surface area contributed by atoms with E-state index in [4.69, 9.17) is 0 Å². The third-order valence-corrected chi connectivity index (χ3v) is 6.13. The van der Waals surface area contributed by atoms with Gasteiger partial charge in [0.25, 0.3) is 0 Å². The van der Waals surface area contributed by atoms with E-state index in [1.165, 1.54) is 0 Å². The van der Waals surface area contributed by atoms with E-state index in [1.807, 2.05) is 55.0 Å². The first-order chi connectivity index (χ1) is 13.5. The summed E-state index contributed by atoms with van der Waals surface area (Å²) in [6.45, 7) is 3.93. The summed E-state index contributed by atoms with van der Waals surface area (Å²) >= 11 is 3.33. The standard InChI is InChI=1S/C20H24N4O2S2/c1-13-12-15(14(2)28-13)17(25)7-8-19(26)21-16(9-11-27-3)20-23-22-18-6-4-5-10-24(18)20/h4-6,10,12,16H,7-9,11H2,1-3H3,(H,21,26). The minimum Gasteiger partial charge on any atom is -0.346 e. The number of ketones is 1. The Kier molecular flexibility index (Phi) is 6.85. The van der Waals surface area contributed by atoms with Crippen molar-refractivity contribution in [3.05, 3.63) is 51.6 Å². The second kappa shape index (κ2) is 9.34. The van der Waals surface area contributed by atoms with Crippen molar-refractivity contribution in [1.29, 1.82) is 0 Å². The molecule has 0 aromatic carbocycles. The molecule has 1 amide bonds. The second-order valence-corrected chi connectivity index (χ2v) is 9.08. The number of hydrogen-bond acceptors (Lipinski definition) is 6. The number of thioether (sulfide) groups is 1. The van der Waals surface area contributed by atoms with Gasteiger partial charge in [0.15, 0.2) is 17.3 Å². The Morgan fingerprint density at radius 3 is 2.79 bits per heavy atom. The van der Waals surface area contributed by atoms with Gasteiger partial charge >= 0.3 is 0 Å². The fraction of sp³-hybridized carbons (Fsp3) is 0.400. The number of hydrogen-bond donors (Lipinski definition) is 1. The number of nitrogens with zero attached hydrogens (tertiary/aromatic N) is 3. The smallest absolute Gasteiger partial charge is 0.221 e. The maximum Gasteiger partial charge on any atom is 0.221 e. The highest BCUT2D eigenvalue weighted by Gasteiger charge is 2.21. The molecular weight excluding hydrogens is 392 g/mol. The Bertz CT molecular complexity index is 980. The molecule has 6 nitrogen and oxygen atoms in total. The van der Waals surface area contributed by atoms with Crippen LogP contribution in [-0.2, 0) is 4.79 Å². The summed E-state index contributed by atoms with van der Waals surface area (Å²) in [6, 6.07) is 7.37. The number of thiophene rings is 1. The van der Waals surface area contributed by atoms with Gasteiger partial charge in [-0.25, -0.2) is 0 Å². The lowest BCUT2D eigenvalue weighted by Crippen LogP contribution is -2.30. The Labute approximate surface area is 172 Å². The van der Waals surface area contributed by atoms with Gasteiger partial charge in [0.1, 0.15) is 0 Å². The van der Waals surface area contributed by atoms with Gasteiger partial charge in [0.2, 0.25) is 5.91 Å². The van der Waals surface area contributed by atoms with Crippen molar-refractivity contribution in [2.24, 2.45) is 0 Å². The van der Waals surface area contributed by atoms with Gasteiger partial charge in [0.05, 0.1) is 6.04 Å². The van der Waals surface area contributed by atoms with E-state index in [-0.39, 0.29) is 30.6 Å². The topological polar surface area (TPSA) is 76.4 Å².